The van der Waals surface area contributed by atoms with Crippen LogP contribution >= 0.6 is 11.6 Å². The van der Waals surface area contributed by atoms with Crippen LogP contribution in [0.5, 0.6) is 5.75 Å². The van der Waals surface area contributed by atoms with Crippen molar-refractivity contribution in [3.8, 4) is 11.8 Å². The minimum absolute atomic E-state index is 0.141. The lowest BCUT2D eigenvalue weighted by Crippen LogP contribution is -2.17. The minimum atomic E-state index is -0.141. The molecule has 6 heteroatoms. The number of halogens is 1. The zero-order valence-corrected chi connectivity index (χ0v) is 14.9. The summed E-state index contributed by atoms with van der Waals surface area (Å²) >= 11 is 6.15. The van der Waals surface area contributed by atoms with Gasteiger partial charge in [0.25, 0.3) is 0 Å². The van der Waals surface area contributed by atoms with Crippen molar-refractivity contribution in [2.75, 3.05) is 0 Å². The van der Waals surface area contributed by atoms with Gasteiger partial charge in [0.15, 0.2) is 0 Å². The molecule has 1 N–H and O–H groups in total. The molecule has 2 aliphatic rings. The number of benzene rings is 1. The number of nitrogens with one attached hydrogen (secondary N) is 1. The zero-order valence-electron chi connectivity index (χ0n) is 14.1. The molecule has 26 heavy (non-hydrogen) atoms. The van der Waals surface area contributed by atoms with E-state index in [4.69, 9.17) is 21.6 Å². The highest BCUT2D eigenvalue weighted by molar-refractivity contribution is 6.30. The maximum atomic E-state index is 9.16. The van der Waals surface area contributed by atoms with Crippen molar-refractivity contribution in [2.24, 2.45) is 0 Å². The molecular weight excluding hydrogens is 348 g/mol. The van der Waals surface area contributed by atoms with Gasteiger partial charge in [-0.2, -0.15) is 10.4 Å². The lowest BCUT2D eigenvalue weighted by atomic mass is 9.92. The van der Waals surface area contributed by atoms with Crippen molar-refractivity contribution in [3.63, 3.8) is 0 Å². The van der Waals surface area contributed by atoms with Crippen molar-refractivity contribution in [1.82, 2.24) is 15.2 Å². The maximum Gasteiger partial charge on any atom is 0.147 e. The normalized spacial score (nSPS) is 19.2. The van der Waals surface area contributed by atoms with Gasteiger partial charge in [-0.3, -0.25) is 5.10 Å². The summed E-state index contributed by atoms with van der Waals surface area (Å²) in [6, 6.07) is 10.0. The van der Waals surface area contributed by atoms with Crippen LogP contribution in [-0.2, 0) is 6.42 Å². The summed E-state index contributed by atoms with van der Waals surface area (Å²) < 4.78 is 6.30. The average Bonchev–Trinajstić information content (AvgIpc) is 3.41. The summed E-state index contributed by atoms with van der Waals surface area (Å²) in [6.07, 6.45) is 5.09. The Kier molecular flexibility index (Phi) is 3.61. The van der Waals surface area contributed by atoms with E-state index in [-0.39, 0.29) is 11.3 Å². The van der Waals surface area contributed by atoms with E-state index in [2.05, 4.69) is 27.3 Å². The number of fused-ring (bicyclic) bond motifs is 2. The van der Waals surface area contributed by atoms with Crippen molar-refractivity contribution >= 4 is 22.5 Å². The van der Waals surface area contributed by atoms with E-state index < -0.39 is 0 Å². The third-order valence-corrected chi connectivity index (χ3v) is 5.52. The Bertz CT molecular complexity index is 1050. The van der Waals surface area contributed by atoms with E-state index in [0.29, 0.717) is 11.5 Å². The van der Waals surface area contributed by atoms with Gasteiger partial charge >= 0.3 is 0 Å². The number of nitriles is 1. The highest BCUT2D eigenvalue weighted by Crippen LogP contribution is 2.43. The van der Waals surface area contributed by atoms with Crippen LogP contribution in [0.1, 0.15) is 60.2 Å². The Morgan fingerprint density at radius 2 is 2.08 bits per heavy atom. The van der Waals surface area contributed by atoms with E-state index in [1.807, 2.05) is 18.2 Å². The van der Waals surface area contributed by atoms with Gasteiger partial charge in [0.2, 0.25) is 0 Å². The fourth-order valence-electron chi connectivity index (χ4n) is 3.75. The molecule has 2 aromatic heterocycles. The molecule has 3 aromatic rings. The van der Waals surface area contributed by atoms with Crippen LogP contribution in [0.3, 0.4) is 0 Å². The molecule has 2 aliphatic carbocycles. The number of nitrogens with zero attached hydrogens (tertiary/aromatic N) is 3. The first-order chi connectivity index (χ1) is 12.7. The Balaban J connectivity index is 1.49. The van der Waals surface area contributed by atoms with Crippen LogP contribution < -0.4 is 4.74 Å². The van der Waals surface area contributed by atoms with Crippen LogP contribution in [0.4, 0.5) is 0 Å². The van der Waals surface area contributed by atoms with Crippen LogP contribution in [0.2, 0.25) is 5.15 Å². The first-order valence-electron chi connectivity index (χ1n) is 8.97. The van der Waals surface area contributed by atoms with Gasteiger partial charge in [-0.15, -0.1) is 0 Å². The Morgan fingerprint density at radius 3 is 2.88 bits per heavy atom. The molecule has 2 heterocycles. The topological polar surface area (TPSA) is 74.6 Å². The van der Waals surface area contributed by atoms with Crippen molar-refractivity contribution in [3.05, 3.63) is 51.9 Å². The summed E-state index contributed by atoms with van der Waals surface area (Å²) in [6.45, 7) is 0. The fourth-order valence-corrected chi connectivity index (χ4v) is 3.94. The number of hydrogen-bond donors (Lipinski definition) is 1. The minimum Gasteiger partial charge on any atom is -0.484 e. The molecule has 0 saturated heterocycles. The second-order valence-corrected chi connectivity index (χ2v) is 7.43. The van der Waals surface area contributed by atoms with Crippen LogP contribution in [-0.4, -0.2) is 15.2 Å². The number of H-pyrrole nitrogens is 1. The predicted molar refractivity (Wildman–Crippen MR) is 98.3 cm³/mol. The van der Waals surface area contributed by atoms with Gasteiger partial charge in [0, 0.05) is 11.3 Å². The molecule has 1 saturated carbocycles. The first kappa shape index (κ1) is 15.7. The Labute approximate surface area is 156 Å². The molecule has 0 aliphatic heterocycles. The number of rotatable bonds is 3. The third kappa shape index (κ3) is 2.62. The summed E-state index contributed by atoms with van der Waals surface area (Å²) in [4.78, 5) is 4.47. The molecule has 0 spiro atoms. The zero-order chi connectivity index (χ0) is 17.7. The number of aromatic amines is 1. The Morgan fingerprint density at radius 1 is 1.19 bits per heavy atom. The average molecular weight is 365 g/mol. The molecule has 0 amide bonds. The van der Waals surface area contributed by atoms with Crippen molar-refractivity contribution in [1.29, 1.82) is 5.26 Å². The molecule has 1 unspecified atom stereocenters. The molecule has 0 bridgehead atoms. The van der Waals surface area contributed by atoms with Gasteiger partial charge in [-0.05, 0) is 61.9 Å². The number of aromatic nitrogens is 3. The number of ether oxygens (including phenoxy) is 1. The fraction of sp³-hybridized carbons (Fsp3) is 0.350. The van der Waals surface area contributed by atoms with Gasteiger partial charge in [0.1, 0.15) is 23.1 Å². The van der Waals surface area contributed by atoms with Gasteiger partial charge in [-0.1, -0.05) is 11.6 Å². The molecule has 5 rings (SSSR count). The third-order valence-electron chi connectivity index (χ3n) is 5.23. The highest BCUT2D eigenvalue weighted by atomic mass is 35.5. The second kappa shape index (κ2) is 6.00. The van der Waals surface area contributed by atoms with Gasteiger partial charge < -0.3 is 4.74 Å². The van der Waals surface area contributed by atoms with Gasteiger partial charge in [-0.25, -0.2) is 4.98 Å². The van der Waals surface area contributed by atoms with Crippen LogP contribution in [0.15, 0.2) is 24.3 Å². The summed E-state index contributed by atoms with van der Waals surface area (Å²) in [5.74, 6) is 1.40. The van der Waals surface area contributed by atoms with E-state index >= 15 is 0 Å². The van der Waals surface area contributed by atoms with Crippen molar-refractivity contribution < 1.29 is 4.74 Å². The standard InChI is InChI=1S/C20H17ClN4O/c21-20-13(10-22)8-12-2-1-3-17(19(12)23-20)26-14-6-7-16-15(9-14)18(25-24-16)11-4-5-11/h6-9,11,17H,1-5H2,(H,24,25). The summed E-state index contributed by atoms with van der Waals surface area (Å²) in [5.41, 5.74) is 4.54. The molecule has 5 nitrogen and oxygen atoms in total. The Hall–Kier alpha value is -2.58. The molecule has 1 fully saturated rings. The number of pyridine rings is 1. The van der Waals surface area contributed by atoms with E-state index in [0.717, 1.165) is 52.9 Å². The second-order valence-electron chi connectivity index (χ2n) is 7.07. The van der Waals surface area contributed by atoms with E-state index in [1.165, 1.54) is 12.8 Å². The summed E-state index contributed by atoms with van der Waals surface area (Å²) in [7, 11) is 0. The van der Waals surface area contributed by atoms with Crippen molar-refractivity contribution in [2.45, 2.75) is 44.1 Å². The van der Waals surface area contributed by atoms with E-state index in [1.54, 1.807) is 0 Å². The predicted octanol–water partition coefficient (Wildman–Crippen LogP) is 4.82. The SMILES string of the molecule is N#Cc1cc2c(nc1Cl)C(Oc1ccc3[nH]nc(C4CC4)c3c1)CCC2. The quantitative estimate of drug-likeness (QED) is 0.676. The molecule has 130 valence electrons. The lowest BCUT2D eigenvalue weighted by Gasteiger charge is -2.25. The lowest BCUT2D eigenvalue weighted by molar-refractivity contribution is 0.178. The first-order valence-corrected chi connectivity index (χ1v) is 9.35. The highest BCUT2D eigenvalue weighted by Gasteiger charge is 2.29. The smallest absolute Gasteiger partial charge is 0.147 e. The van der Waals surface area contributed by atoms with Gasteiger partial charge in [0.05, 0.1) is 22.5 Å². The molecule has 1 atom stereocenters. The van der Waals surface area contributed by atoms with Crippen LogP contribution in [0, 0.1) is 11.3 Å². The number of aryl methyl sites for hydroxylation is 1. The molecule has 1 aromatic carbocycles. The van der Waals surface area contributed by atoms with Crippen LogP contribution in [0.25, 0.3) is 10.9 Å². The maximum absolute atomic E-state index is 9.16. The summed E-state index contributed by atoms with van der Waals surface area (Å²) in [5, 5.41) is 18.1. The molecule has 0 radical (unpaired) electrons. The van der Waals surface area contributed by atoms with E-state index in [9.17, 15) is 0 Å². The number of hydrogen-bond acceptors (Lipinski definition) is 4. The monoisotopic (exact) mass is 364 g/mol. The largest absolute Gasteiger partial charge is 0.484 e. The molecular formula is C20H17ClN4O.